The summed E-state index contributed by atoms with van der Waals surface area (Å²) in [6.45, 7) is 45.8. The van der Waals surface area contributed by atoms with E-state index in [0.717, 1.165) is 153 Å². The van der Waals surface area contributed by atoms with Crippen LogP contribution in [0, 0.1) is 193 Å². The first-order valence-electron chi connectivity index (χ1n) is 47.4. The fourth-order valence-corrected chi connectivity index (χ4v) is 35.0. The van der Waals surface area contributed by atoms with E-state index in [1.807, 2.05) is 20.8 Å². The predicted molar refractivity (Wildman–Crippen MR) is 448 cm³/mol. The molecule has 9 nitrogen and oxygen atoms in total. The van der Waals surface area contributed by atoms with Crippen molar-refractivity contribution in [2.24, 2.45) is 185 Å². The van der Waals surface area contributed by atoms with Gasteiger partial charge in [0.15, 0.2) is 0 Å². The Morgan fingerprint density at radius 3 is 0.718 bits per heavy atom. The maximum Gasteiger partial charge on any atom is 1.00 e. The molecular weight excluding hydrogens is 1350 g/mol. The van der Waals surface area contributed by atoms with Gasteiger partial charge >= 0.3 is 18.9 Å². The first kappa shape index (κ1) is 90.7. The molecule has 39 atom stereocenters. The summed E-state index contributed by atoms with van der Waals surface area (Å²) in [6, 6.07) is 0. The molecule has 0 radical (unpaired) electrons. The summed E-state index contributed by atoms with van der Waals surface area (Å²) >= 11 is 0. The summed E-state index contributed by atoms with van der Waals surface area (Å²) in [5.41, 5.74) is 1.84. The number of carbonyl (C=O) groups excluding carboxylic acids is 1. The van der Waals surface area contributed by atoms with E-state index in [9.17, 15) is 40.5 Å². The average molecular weight is 1530 g/mol. The third-order valence-electron chi connectivity index (χ3n) is 42.0. The second-order valence-electron chi connectivity index (χ2n) is 47.5. The molecule has 0 amide bonds. The van der Waals surface area contributed by atoms with E-state index >= 15 is 0 Å². The van der Waals surface area contributed by atoms with Crippen LogP contribution in [0.15, 0.2) is 0 Å². The molecule has 10 heteroatoms. The normalized spacial score (nSPS) is 53.8. The molecular formula is C100H175LiO9. The molecule has 0 unspecified atom stereocenters. The van der Waals surface area contributed by atoms with Gasteiger partial charge in [0, 0.05) is 19.1 Å². The van der Waals surface area contributed by atoms with Crippen LogP contribution in [-0.2, 0) is 9.53 Å². The van der Waals surface area contributed by atoms with Crippen molar-refractivity contribution in [1.82, 2.24) is 0 Å². The summed E-state index contributed by atoms with van der Waals surface area (Å²) in [5.74, 6) is 17.6. The first-order valence-corrected chi connectivity index (χ1v) is 47.4. The van der Waals surface area contributed by atoms with Gasteiger partial charge in [-0.15, -0.1) is 0 Å². The maximum atomic E-state index is 11.5. The average Bonchev–Trinajstić information content (AvgIpc) is 1.39. The number of rotatable bonds is 8. The van der Waals surface area contributed by atoms with Crippen LogP contribution in [-0.4, -0.2) is 96.0 Å². The topological polar surface area (TPSA) is 168 Å². The van der Waals surface area contributed by atoms with Crippen molar-refractivity contribution in [2.75, 3.05) is 13.2 Å². The molecule has 0 aromatic rings. The molecule has 16 saturated carbocycles. The van der Waals surface area contributed by atoms with E-state index < -0.39 is 22.4 Å². The Morgan fingerprint density at radius 2 is 0.509 bits per heavy atom. The molecule has 17 aliphatic rings. The maximum absolute atomic E-state index is 11.5. The smallest absolute Gasteiger partial charge is 0.393 e. The van der Waals surface area contributed by atoms with Crippen LogP contribution in [0.25, 0.3) is 0 Å². The van der Waals surface area contributed by atoms with E-state index in [1.54, 1.807) is 0 Å². The fraction of sp³-hybridized carbons (Fsp3) is 0.980. The molecule has 17 rings (SSSR count). The van der Waals surface area contributed by atoms with Crippen LogP contribution in [0.3, 0.4) is 0 Å². The zero-order chi connectivity index (χ0) is 78.3. The molecule has 16 aliphatic carbocycles. The molecule has 1 heterocycles. The number of ether oxygens (including phenoxy) is 1. The molecule has 1 saturated heterocycles. The Hall–Kier alpha value is -0.0526. The summed E-state index contributed by atoms with van der Waals surface area (Å²) in [7, 11) is 0. The van der Waals surface area contributed by atoms with Gasteiger partial charge < -0.3 is 52.7 Å². The van der Waals surface area contributed by atoms with Gasteiger partial charge in [-0.25, -0.2) is 0 Å². The van der Waals surface area contributed by atoms with Gasteiger partial charge in [-0.05, 0) is 472 Å². The second kappa shape index (κ2) is 33.4. The van der Waals surface area contributed by atoms with E-state index in [4.69, 9.17) is 4.74 Å². The van der Waals surface area contributed by atoms with Crippen LogP contribution in [0.4, 0.5) is 0 Å². The molecule has 110 heavy (non-hydrogen) atoms. The van der Waals surface area contributed by atoms with E-state index in [2.05, 4.69) is 111 Å². The Labute approximate surface area is 688 Å². The number of aliphatic hydroxyl groups is 7. The van der Waals surface area contributed by atoms with Crippen molar-refractivity contribution in [3.63, 3.8) is 0 Å². The summed E-state index contributed by atoms with van der Waals surface area (Å²) in [4.78, 5) is 11.5. The van der Waals surface area contributed by atoms with Crippen LogP contribution in [0.5, 0.6) is 0 Å². The predicted octanol–water partition coefficient (Wildman–Crippen LogP) is 19.7. The molecule has 630 valence electrons. The first-order chi connectivity index (χ1) is 50.5. The van der Waals surface area contributed by atoms with Gasteiger partial charge in [0.2, 0.25) is 0 Å². The van der Waals surface area contributed by atoms with Crippen molar-refractivity contribution >= 4 is 6.29 Å². The van der Waals surface area contributed by atoms with E-state index in [0.29, 0.717) is 90.7 Å². The minimum Gasteiger partial charge on any atom is -0.393 e. The van der Waals surface area contributed by atoms with Crippen LogP contribution in [0.2, 0.25) is 0 Å². The van der Waals surface area contributed by atoms with Crippen molar-refractivity contribution < 1.29 is 64.1 Å². The van der Waals surface area contributed by atoms with Crippen molar-refractivity contribution in [3.05, 3.63) is 7.43 Å². The minimum absolute atomic E-state index is 0. The van der Waals surface area contributed by atoms with Crippen molar-refractivity contribution in [3.8, 4) is 0 Å². The number of aldehydes is 1. The second-order valence-corrected chi connectivity index (χ2v) is 47.5. The summed E-state index contributed by atoms with van der Waals surface area (Å²) in [6.07, 6.45) is 48.6. The van der Waals surface area contributed by atoms with Crippen LogP contribution >= 0.6 is 0 Å². The third-order valence-corrected chi connectivity index (χ3v) is 42.0. The number of carbonyl (C=O) groups is 1. The SMILES string of the molecule is C1CCOC1.C[C@@H]([C@H]1CC[C@H]2[C@@H]3CC[C@H]4C[C@@](C)(O)CC[C@]4(C)[C@H]3CC[C@]12C)[C@@H](C)O.C[C@@H]([C@H]1CC[C@H]2[C@@H]3CC[C@H]4C[C@@](C)(O)CC[C@]4(C)[C@H]3CC[C@]12C)[C@@H](C)O.C[C@H](C=O)[C@H]1CC[C@H]2[C@@H]3CC[C@H]4C[C@@](C)(O)CC[C@]4(C)[C@H]3CC[C@]12C.C[C@H]([C@H](C)O)[C@H]1CC[C@H]2[C@@H]3CC[C@H]4C[C@@](C)(O)CC[C@]4(C)[C@H]3CC[C@]12C.[CH3-].[Li+]. The Morgan fingerprint density at radius 1 is 0.291 bits per heavy atom. The molecule has 0 spiro atoms. The van der Waals surface area contributed by atoms with Gasteiger partial charge in [0.1, 0.15) is 6.29 Å². The Bertz CT molecular complexity index is 2790. The third kappa shape index (κ3) is 16.3. The number of hydrogen-bond acceptors (Lipinski definition) is 9. The minimum atomic E-state index is -0.432. The molecule has 0 aromatic heterocycles. The number of aliphatic hydroxyl groups excluding tert-OH is 3. The largest absolute Gasteiger partial charge is 1.00 e. The van der Waals surface area contributed by atoms with E-state index in [-0.39, 0.29) is 50.5 Å². The zero-order valence-electron chi connectivity index (χ0n) is 75.4. The molecule has 7 N–H and O–H groups in total. The Kier molecular flexibility index (Phi) is 27.5. The quantitative estimate of drug-likeness (QED) is 0.0711. The molecule has 0 aromatic carbocycles. The van der Waals surface area contributed by atoms with Gasteiger partial charge in [0.25, 0.3) is 0 Å². The van der Waals surface area contributed by atoms with E-state index in [1.165, 1.54) is 199 Å². The van der Waals surface area contributed by atoms with Gasteiger partial charge in [0.05, 0.1) is 40.7 Å². The summed E-state index contributed by atoms with van der Waals surface area (Å²) < 4.78 is 4.94. The number of hydrogen-bond donors (Lipinski definition) is 7. The molecule has 17 fully saturated rings. The fourth-order valence-electron chi connectivity index (χ4n) is 35.0. The van der Waals surface area contributed by atoms with Gasteiger partial charge in [-0.3, -0.25) is 0 Å². The molecule has 0 bridgehead atoms. The van der Waals surface area contributed by atoms with Gasteiger partial charge in [-0.1, -0.05) is 83.1 Å². The summed E-state index contributed by atoms with van der Waals surface area (Å²) in [5, 5.41) is 73.2. The number of fused-ring (bicyclic) bond motifs is 20. The zero-order valence-corrected chi connectivity index (χ0v) is 75.4. The van der Waals surface area contributed by atoms with Crippen LogP contribution < -0.4 is 18.9 Å². The van der Waals surface area contributed by atoms with Crippen molar-refractivity contribution in [1.29, 1.82) is 0 Å². The standard InChI is InChI=1S/3C24H42O2.C23H38O2.C4H8O.CH3.Li/c3*1-15(16(2)25)19-8-9-20-18-7-6-17-14-22(3,26)12-13-23(17,4)21(18)10-11-24(19,20)5;1-15(14-24)18-7-8-19-17-6-5-16-13-21(2,25)11-12-22(16,3)20(17)9-10-23(18,19)4;1-2-4-5-3-1;;/h3*15-21,25-26H,6-14H2,1-5H3;14-20,25H,5-13H2,1-4H3;1-4H2;1H3;/q;;;;;-1;+1/t15-,16+,17+,18+,19-,20+,21+,22+,23+,24-;2*15-,16-,17+,18+,19-,20+,21+,22+,23+,24-;15-,16+,17+,18-,19+,20+,21+,22+,23-;;;/m1111.../s1. The molecule has 1 aliphatic heterocycles. The Balaban J connectivity index is 0.000000141. The monoisotopic (exact) mass is 1530 g/mol. The van der Waals surface area contributed by atoms with Crippen molar-refractivity contribution in [2.45, 2.75) is 416 Å². The van der Waals surface area contributed by atoms with Crippen LogP contribution in [0.1, 0.15) is 376 Å². The van der Waals surface area contributed by atoms with Gasteiger partial charge in [-0.2, -0.15) is 0 Å².